The molecule has 0 aliphatic carbocycles. The van der Waals surface area contributed by atoms with E-state index in [1.54, 1.807) is 0 Å². The summed E-state index contributed by atoms with van der Waals surface area (Å²) in [6.07, 6.45) is 2.69. The molecule has 0 radical (unpaired) electrons. The third-order valence-electron chi connectivity index (χ3n) is 3.81. The summed E-state index contributed by atoms with van der Waals surface area (Å²) in [4.78, 5) is 8.04. The lowest BCUT2D eigenvalue weighted by atomic mass is 9.91. The summed E-state index contributed by atoms with van der Waals surface area (Å²) < 4.78 is 5.38. The van der Waals surface area contributed by atoms with Gasteiger partial charge in [0.25, 0.3) is 0 Å². The Morgan fingerprint density at radius 1 is 1.39 bits per heavy atom. The van der Waals surface area contributed by atoms with Crippen LogP contribution in [0.2, 0.25) is 0 Å². The van der Waals surface area contributed by atoms with E-state index in [1.807, 2.05) is 0 Å². The molecule has 4 nitrogen and oxygen atoms in total. The number of nitrogens with one attached hydrogen (secondary N) is 1. The normalized spacial score (nSPS) is 19.2. The molecule has 1 saturated heterocycles. The number of hydrogen-bond donors (Lipinski definition) is 2. The lowest BCUT2D eigenvalue weighted by Gasteiger charge is -2.31. The molecule has 0 atom stereocenters. The molecule has 1 aromatic heterocycles. The molecule has 0 amide bonds. The third kappa shape index (κ3) is 1.91. The average Bonchev–Trinajstić information content (AvgIpc) is 2.83. The summed E-state index contributed by atoms with van der Waals surface area (Å²) in [5.74, 6) is 0.897. The highest BCUT2D eigenvalue weighted by Crippen LogP contribution is 2.29. The van der Waals surface area contributed by atoms with Crippen LogP contribution in [0.5, 0.6) is 0 Å². The fourth-order valence-electron chi connectivity index (χ4n) is 2.48. The molecule has 2 aromatic rings. The Morgan fingerprint density at radius 2 is 2.17 bits per heavy atom. The number of aryl methyl sites for hydroxylation is 1. The summed E-state index contributed by atoms with van der Waals surface area (Å²) in [6.45, 7) is 3.59. The van der Waals surface area contributed by atoms with E-state index in [0.717, 1.165) is 36.1 Å². The number of nitrogens with two attached hydrogens (primary N) is 1. The van der Waals surface area contributed by atoms with Gasteiger partial charge in [0.1, 0.15) is 5.82 Å². The standard InChI is InChI=1S/C14H19N3O/c1-2-10-3-4-11-12(9-10)17-13(16-11)14(15)5-7-18-8-6-14/h3-4,9H,2,5-8,15H2,1H3,(H,16,17). The largest absolute Gasteiger partial charge is 0.381 e. The van der Waals surface area contributed by atoms with Crippen molar-refractivity contribution < 1.29 is 4.74 Å². The SMILES string of the molecule is CCc1ccc2nc(C3(N)CCOCC3)[nH]c2c1. The van der Waals surface area contributed by atoms with E-state index >= 15 is 0 Å². The van der Waals surface area contributed by atoms with Gasteiger partial charge in [0.2, 0.25) is 0 Å². The van der Waals surface area contributed by atoms with Crippen molar-refractivity contribution in [3.63, 3.8) is 0 Å². The van der Waals surface area contributed by atoms with Crippen LogP contribution in [0.1, 0.15) is 31.2 Å². The van der Waals surface area contributed by atoms with Crippen LogP contribution in [0.15, 0.2) is 18.2 Å². The minimum atomic E-state index is -0.357. The van der Waals surface area contributed by atoms with Crippen LogP contribution in [-0.4, -0.2) is 23.2 Å². The number of nitrogens with zero attached hydrogens (tertiary/aromatic N) is 1. The van der Waals surface area contributed by atoms with Crippen molar-refractivity contribution in [3.05, 3.63) is 29.6 Å². The maximum atomic E-state index is 6.44. The van der Waals surface area contributed by atoms with E-state index < -0.39 is 0 Å². The zero-order valence-corrected chi connectivity index (χ0v) is 10.7. The van der Waals surface area contributed by atoms with Gasteiger partial charge in [-0.3, -0.25) is 0 Å². The highest BCUT2D eigenvalue weighted by molar-refractivity contribution is 5.76. The number of hydrogen-bond acceptors (Lipinski definition) is 3. The number of benzene rings is 1. The molecule has 0 bridgehead atoms. The number of rotatable bonds is 2. The van der Waals surface area contributed by atoms with Crippen LogP contribution >= 0.6 is 0 Å². The number of fused-ring (bicyclic) bond motifs is 1. The van der Waals surface area contributed by atoms with Crippen LogP contribution in [0.3, 0.4) is 0 Å². The quantitative estimate of drug-likeness (QED) is 0.851. The predicted octanol–water partition coefficient (Wildman–Crippen LogP) is 2.09. The van der Waals surface area contributed by atoms with E-state index in [9.17, 15) is 0 Å². The summed E-state index contributed by atoms with van der Waals surface area (Å²) in [5, 5.41) is 0. The molecule has 1 aromatic carbocycles. The molecule has 3 N–H and O–H groups in total. The number of H-pyrrole nitrogens is 1. The van der Waals surface area contributed by atoms with Gasteiger partial charge in [0, 0.05) is 13.2 Å². The predicted molar refractivity (Wildman–Crippen MR) is 71.4 cm³/mol. The number of imidazole rings is 1. The smallest absolute Gasteiger partial charge is 0.127 e. The van der Waals surface area contributed by atoms with Crippen molar-refractivity contribution >= 4 is 11.0 Å². The van der Waals surface area contributed by atoms with Gasteiger partial charge in [0.15, 0.2) is 0 Å². The molecule has 3 rings (SSSR count). The molecule has 4 heteroatoms. The first-order valence-electron chi connectivity index (χ1n) is 6.57. The van der Waals surface area contributed by atoms with Crippen LogP contribution in [-0.2, 0) is 16.7 Å². The molecular weight excluding hydrogens is 226 g/mol. The molecule has 0 saturated carbocycles. The molecule has 1 aliphatic rings. The summed E-state index contributed by atoms with van der Waals surface area (Å²) >= 11 is 0. The molecule has 0 unspecified atom stereocenters. The Kier molecular flexibility index (Phi) is 2.84. The van der Waals surface area contributed by atoms with E-state index in [2.05, 4.69) is 35.1 Å². The molecule has 96 valence electrons. The van der Waals surface area contributed by atoms with E-state index in [1.165, 1.54) is 5.56 Å². The number of aromatic nitrogens is 2. The van der Waals surface area contributed by atoms with Crippen molar-refractivity contribution in [2.75, 3.05) is 13.2 Å². The van der Waals surface area contributed by atoms with Crippen molar-refractivity contribution in [1.82, 2.24) is 9.97 Å². The molecule has 1 fully saturated rings. The second kappa shape index (κ2) is 4.37. The van der Waals surface area contributed by atoms with Gasteiger partial charge in [-0.1, -0.05) is 13.0 Å². The maximum Gasteiger partial charge on any atom is 0.127 e. The second-order valence-electron chi connectivity index (χ2n) is 5.06. The molecular formula is C14H19N3O. The van der Waals surface area contributed by atoms with Crippen LogP contribution in [0.25, 0.3) is 11.0 Å². The van der Waals surface area contributed by atoms with Gasteiger partial charge in [-0.2, -0.15) is 0 Å². The van der Waals surface area contributed by atoms with Crippen molar-refractivity contribution in [2.24, 2.45) is 5.73 Å². The molecule has 18 heavy (non-hydrogen) atoms. The Bertz CT molecular complexity index is 555. The molecule has 0 spiro atoms. The fraction of sp³-hybridized carbons (Fsp3) is 0.500. The Balaban J connectivity index is 2.02. The van der Waals surface area contributed by atoms with Gasteiger partial charge in [-0.15, -0.1) is 0 Å². The number of ether oxygens (including phenoxy) is 1. The zero-order chi connectivity index (χ0) is 12.6. The monoisotopic (exact) mass is 245 g/mol. The van der Waals surface area contributed by atoms with Crippen LogP contribution in [0.4, 0.5) is 0 Å². The maximum absolute atomic E-state index is 6.44. The van der Waals surface area contributed by atoms with Gasteiger partial charge in [-0.25, -0.2) is 4.98 Å². The summed E-state index contributed by atoms with van der Waals surface area (Å²) in [5.41, 5.74) is 9.48. The van der Waals surface area contributed by atoms with Crippen molar-refractivity contribution in [2.45, 2.75) is 31.7 Å². The Labute approximate surface area is 107 Å². The average molecular weight is 245 g/mol. The van der Waals surface area contributed by atoms with Crippen LogP contribution in [0, 0.1) is 0 Å². The van der Waals surface area contributed by atoms with E-state index in [0.29, 0.717) is 13.2 Å². The summed E-state index contributed by atoms with van der Waals surface area (Å²) in [7, 11) is 0. The second-order valence-corrected chi connectivity index (χ2v) is 5.06. The highest BCUT2D eigenvalue weighted by Gasteiger charge is 2.33. The first kappa shape index (κ1) is 11.7. The Morgan fingerprint density at radius 3 is 2.89 bits per heavy atom. The van der Waals surface area contributed by atoms with Gasteiger partial charge < -0.3 is 15.5 Å². The lowest BCUT2D eigenvalue weighted by Crippen LogP contribution is -2.43. The minimum Gasteiger partial charge on any atom is -0.381 e. The molecule has 2 heterocycles. The van der Waals surface area contributed by atoms with E-state index in [4.69, 9.17) is 10.5 Å². The topological polar surface area (TPSA) is 63.9 Å². The minimum absolute atomic E-state index is 0.357. The zero-order valence-electron chi connectivity index (χ0n) is 10.7. The lowest BCUT2D eigenvalue weighted by molar-refractivity contribution is 0.0496. The van der Waals surface area contributed by atoms with Crippen molar-refractivity contribution in [1.29, 1.82) is 0 Å². The van der Waals surface area contributed by atoms with E-state index in [-0.39, 0.29) is 5.54 Å². The first-order chi connectivity index (χ1) is 8.71. The first-order valence-corrected chi connectivity index (χ1v) is 6.57. The fourth-order valence-corrected chi connectivity index (χ4v) is 2.48. The summed E-state index contributed by atoms with van der Waals surface area (Å²) in [6, 6.07) is 6.35. The van der Waals surface area contributed by atoms with Gasteiger partial charge in [0.05, 0.1) is 16.6 Å². The van der Waals surface area contributed by atoms with Gasteiger partial charge >= 0.3 is 0 Å². The molecule has 1 aliphatic heterocycles. The Hall–Kier alpha value is -1.39. The highest BCUT2D eigenvalue weighted by atomic mass is 16.5. The van der Waals surface area contributed by atoms with Gasteiger partial charge in [-0.05, 0) is 37.0 Å². The van der Waals surface area contributed by atoms with Crippen LogP contribution < -0.4 is 5.73 Å². The number of aromatic amines is 1. The van der Waals surface area contributed by atoms with Crippen molar-refractivity contribution in [3.8, 4) is 0 Å². The third-order valence-corrected chi connectivity index (χ3v) is 3.81.